The molecule has 0 aliphatic rings. The highest BCUT2D eigenvalue weighted by Gasteiger charge is 2.29. The zero-order chi connectivity index (χ0) is 20.8. The van der Waals surface area contributed by atoms with Gasteiger partial charge in [0.25, 0.3) is 0 Å². The standard InChI is InChI=1S/C16H18F2N2.3C2H6/c1-4-16(3,5-2)11-10-13(17)20-15(18)14(11)12-8-6-7-9-19-12;3*1-2/h6-10H,4-5H2,1-3H3;3*1-2H3. The van der Waals surface area contributed by atoms with Crippen LogP contribution in [0.2, 0.25) is 0 Å². The number of rotatable bonds is 4. The first kappa shape index (κ1) is 26.4. The summed E-state index contributed by atoms with van der Waals surface area (Å²) in [5.74, 6) is -1.59. The highest BCUT2D eigenvalue weighted by atomic mass is 19.1. The SMILES string of the molecule is CC.CC.CC.CCC(C)(CC)c1cc(F)nc(F)c1-c1ccccn1. The quantitative estimate of drug-likeness (QED) is 0.521. The fraction of sp³-hybridized carbons (Fsp3) is 0.545. The third kappa shape index (κ3) is 6.81. The predicted octanol–water partition coefficient (Wildman–Crippen LogP) is 7.58. The number of nitrogens with zero attached hydrogens (tertiary/aromatic N) is 2. The molecular formula is C22H36F2N2. The van der Waals surface area contributed by atoms with Crippen molar-refractivity contribution in [1.29, 1.82) is 0 Å². The smallest absolute Gasteiger partial charge is 0.225 e. The van der Waals surface area contributed by atoms with Gasteiger partial charge in [-0.25, -0.2) is 0 Å². The molecule has 26 heavy (non-hydrogen) atoms. The zero-order valence-electron chi connectivity index (χ0n) is 18.0. The Labute approximate surface area is 159 Å². The van der Waals surface area contributed by atoms with Crippen LogP contribution in [0.5, 0.6) is 0 Å². The number of hydrogen-bond donors (Lipinski definition) is 0. The number of pyridine rings is 2. The maximum absolute atomic E-state index is 14.2. The van der Waals surface area contributed by atoms with E-state index in [2.05, 4.69) is 9.97 Å². The second kappa shape index (κ2) is 14.3. The minimum Gasteiger partial charge on any atom is -0.256 e. The summed E-state index contributed by atoms with van der Waals surface area (Å²) in [4.78, 5) is 7.50. The summed E-state index contributed by atoms with van der Waals surface area (Å²) in [6.45, 7) is 18.0. The van der Waals surface area contributed by atoms with Crippen LogP contribution < -0.4 is 0 Å². The van der Waals surface area contributed by atoms with Crippen LogP contribution in [0.1, 0.15) is 80.7 Å². The third-order valence-electron chi connectivity index (χ3n) is 4.08. The molecule has 2 aromatic rings. The van der Waals surface area contributed by atoms with E-state index in [9.17, 15) is 8.78 Å². The molecule has 0 aromatic carbocycles. The fourth-order valence-electron chi connectivity index (χ4n) is 2.35. The van der Waals surface area contributed by atoms with Gasteiger partial charge in [-0.15, -0.1) is 0 Å². The van der Waals surface area contributed by atoms with Crippen LogP contribution in [0, 0.1) is 11.9 Å². The van der Waals surface area contributed by atoms with E-state index < -0.39 is 11.9 Å². The molecule has 148 valence electrons. The molecule has 0 spiro atoms. The molecule has 0 unspecified atom stereocenters. The molecule has 2 nitrogen and oxygen atoms in total. The Balaban J connectivity index is 0. The molecular weight excluding hydrogens is 330 g/mol. The van der Waals surface area contributed by atoms with E-state index in [0.29, 0.717) is 16.8 Å². The molecule has 0 aliphatic carbocycles. The maximum Gasteiger partial charge on any atom is 0.225 e. The van der Waals surface area contributed by atoms with Crippen LogP contribution in [-0.2, 0) is 5.41 Å². The lowest BCUT2D eigenvalue weighted by molar-refractivity contribution is 0.426. The van der Waals surface area contributed by atoms with Crippen molar-refractivity contribution in [3.8, 4) is 11.3 Å². The first-order valence-corrected chi connectivity index (χ1v) is 9.79. The molecule has 0 fully saturated rings. The van der Waals surface area contributed by atoms with Gasteiger partial charge in [-0.3, -0.25) is 4.98 Å². The molecule has 0 saturated heterocycles. The first-order chi connectivity index (χ1) is 12.5. The van der Waals surface area contributed by atoms with E-state index in [1.54, 1.807) is 24.4 Å². The maximum atomic E-state index is 14.2. The fourth-order valence-corrected chi connectivity index (χ4v) is 2.35. The van der Waals surface area contributed by atoms with Gasteiger partial charge in [0, 0.05) is 6.20 Å². The van der Waals surface area contributed by atoms with Crippen molar-refractivity contribution in [1.82, 2.24) is 9.97 Å². The minimum absolute atomic E-state index is 0.304. The highest BCUT2D eigenvalue weighted by molar-refractivity contribution is 5.65. The van der Waals surface area contributed by atoms with Crippen LogP contribution in [0.3, 0.4) is 0 Å². The normalized spacial score (nSPS) is 9.65. The molecule has 0 aliphatic heterocycles. The van der Waals surface area contributed by atoms with Crippen molar-refractivity contribution >= 4 is 0 Å². The highest BCUT2D eigenvalue weighted by Crippen LogP contribution is 2.38. The van der Waals surface area contributed by atoms with Crippen LogP contribution >= 0.6 is 0 Å². The van der Waals surface area contributed by atoms with E-state index >= 15 is 0 Å². The third-order valence-corrected chi connectivity index (χ3v) is 4.08. The van der Waals surface area contributed by atoms with E-state index in [4.69, 9.17) is 0 Å². The Bertz CT molecular complexity index is 595. The van der Waals surface area contributed by atoms with Crippen LogP contribution in [0.25, 0.3) is 11.3 Å². The number of hydrogen-bond acceptors (Lipinski definition) is 2. The number of halogens is 2. The molecule has 0 bridgehead atoms. The number of aromatic nitrogens is 2. The average Bonchev–Trinajstić information content (AvgIpc) is 2.72. The van der Waals surface area contributed by atoms with Crippen LogP contribution in [-0.4, -0.2) is 9.97 Å². The molecule has 2 heterocycles. The summed E-state index contributed by atoms with van der Waals surface area (Å²) in [5.41, 5.74) is 1.11. The molecule has 2 aromatic heterocycles. The van der Waals surface area contributed by atoms with Gasteiger partial charge in [-0.2, -0.15) is 13.8 Å². The van der Waals surface area contributed by atoms with Gasteiger partial charge in [0.05, 0.1) is 11.3 Å². The van der Waals surface area contributed by atoms with E-state index in [1.807, 2.05) is 62.3 Å². The first-order valence-electron chi connectivity index (χ1n) is 9.79. The Morgan fingerprint density at radius 2 is 1.46 bits per heavy atom. The second-order valence-electron chi connectivity index (χ2n) is 5.14. The van der Waals surface area contributed by atoms with E-state index in [1.165, 1.54) is 6.07 Å². The Morgan fingerprint density at radius 1 is 0.923 bits per heavy atom. The second-order valence-corrected chi connectivity index (χ2v) is 5.14. The Hall–Kier alpha value is -1.84. The molecule has 2 rings (SSSR count). The van der Waals surface area contributed by atoms with E-state index in [0.717, 1.165) is 12.8 Å². The lowest BCUT2D eigenvalue weighted by Crippen LogP contribution is -2.22. The largest absolute Gasteiger partial charge is 0.256 e. The van der Waals surface area contributed by atoms with Gasteiger partial charge >= 0.3 is 0 Å². The van der Waals surface area contributed by atoms with Crippen molar-refractivity contribution < 1.29 is 8.78 Å². The average molecular weight is 367 g/mol. The van der Waals surface area contributed by atoms with Gasteiger partial charge < -0.3 is 0 Å². The molecule has 0 radical (unpaired) electrons. The van der Waals surface area contributed by atoms with Crippen molar-refractivity contribution in [2.75, 3.05) is 0 Å². The zero-order valence-corrected chi connectivity index (χ0v) is 18.0. The van der Waals surface area contributed by atoms with Gasteiger partial charge in [0.2, 0.25) is 11.9 Å². The Kier molecular flexibility index (Phi) is 14.6. The molecule has 0 atom stereocenters. The summed E-state index contributed by atoms with van der Waals surface area (Å²) < 4.78 is 27.8. The van der Waals surface area contributed by atoms with Crippen LogP contribution in [0.4, 0.5) is 8.78 Å². The summed E-state index contributed by atoms with van der Waals surface area (Å²) in [7, 11) is 0. The summed E-state index contributed by atoms with van der Waals surface area (Å²) in [5, 5.41) is 0. The van der Waals surface area contributed by atoms with Gasteiger partial charge in [-0.1, -0.05) is 68.4 Å². The van der Waals surface area contributed by atoms with Crippen molar-refractivity contribution in [3.63, 3.8) is 0 Å². The summed E-state index contributed by atoms with van der Waals surface area (Å²) >= 11 is 0. The lowest BCUT2D eigenvalue weighted by atomic mass is 9.75. The van der Waals surface area contributed by atoms with Crippen molar-refractivity contribution in [3.05, 3.63) is 47.9 Å². The Morgan fingerprint density at radius 3 is 1.88 bits per heavy atom. The minimum atomic E-state index is -0.799. The van der Waals surface area contributed by atoms with Gasteiger partial charge in [0.15, 0.2) is 0 Å². The molecule has 0 amide bonds. The topological polar surface area (TPSA) is 25.8 Å². The molecule has 0 saturated carbocycles. The molecule has 0 N–H and O–H groups in total. The summed E-state index contributed by atoms with van der Waals surface area (Å²) in [6.07, 6.45) is 3.16. The predicted molar refractivity (Wildman–Crippen MR) is 109 cm³/mol. The van der Waals surface area contributed by atoms with Crippen LogP contribution in [0.15, 0.2) is 30.5 Å². The van der Waals surface area contributed by atoms with Gasteiger partial charge in [-0.05, 0) is 42.0 Å². The summed E-state index contributed by atoms with van der Waals surface area (Å²) in [6, 6.07) is 6.59. The van der Waals surface area contributed by atoms with Crippen molar-refractivity contribution in [2.24, 2.45) is 0 Å². The van der Waals surface area contributed by atoms with Crippen molar-refractivity contribution in [2.45, 2.75) is 80.6 Å². The van der Waals surface area contributed by atoms with Gasteiger partial charge in [0.1, 0.15) is 0 Å². The molecule has 4 heteroatoms. The lowest BCUT2D eigenvalue weighted by Gasteiger charge is -2.29. The van der Waals surface area contributed by atoms with E-state index in [-0.39, 0.29) is 5.41 Å². The monoisotopic (exact) mass is 366 g/mol.